The van der Waals surface area contributed by atoms with Crippen LogP contribution in [-0.2, 0) is 0 Å². The molecule has 2 aromatic heterocycles. The highest BCUT2D eigenvalue weighted by molar-refractivity contribution is 5.93. The minimum atomic E-state index is -0.409. The number of furan rings is 1. The number of aromatic amines is 1. The summed E-state index contributed by atoms with van der Waals surface area (Å²) < 4.78 is 5.22. The second kappa shape index (κ2) is 6.75. The van der Waals surface area contributed by atoms with E-state index in [9.17, 15) is 9.90 Å². The van der Waals surface area contributed by atoms with Crippen molar-refractivity contribution in [3.05, 3.63) is 30.2 Å². The number of hydrogen-bond acceptors (Lipinski definition) is 5. The first-order chi connectivity index (χ1) is 9.74. The topological polar surface area (TPSA) is 103 Å². The summed E-state index contributed by atoms with van der Waals surface area (Å²) in [6.07, 6.45) is 1.15. The fourth-order valence-corrected chi connectivity index (χ4v) is 2.24. The molecular formula is C13H17ClN4O3. The zero-order chi connectivity index (χ0) is 13.9. The predicted molar refractivity (Wildman–Crippen MR) is 78.2 cm³/mol. The SMILES string of the molecule is Cl.O=C(NCC1CNCC1O)c1cc(-c2ccco2)[nH]n1. The van der Waals surface area contributed by atoms with E-state index >= 15 is 0 Å². The maximum absolute atomic E-state index is 12.0. The van der Waals surface area contributed by atoms with Crippen LogP contribution < -0.4 is 10.6 Å². The first-order valence-electron chi connectivity index (χ1n) is 6.50. The number of aliphatic hydroxyl groups excluding tert-OH is 1. The third-order valence-corrected chi connectivity index (χ3v) is 3.43. The van der Waals surface area contributed by atoms with Crippen LogP contribution in [0.3, 0.4) is 0 Å². The Balaban J connectivity index is 0.00000161. The van der Waals surface area contributed by atoms with Crippen LogP contribution in [0.1, 0.15) is 10.5 Å². The first-order valence-corrected chi connectivity index (χ1v) is 6.50. The molecule has 21 heavy (non-hydrogen) atoms. The molecule has 0 aliphatic carbocycles. The number of amides is 1. The lowest BCUT2D eigenvalue weighted by molar-refractivity contribution is 0.0922. The van der Waals surface area contributed by atoms with E-state index in [-0.39, 0.29) is 24.2 Å². The van der Waals surface area contributed by atoms with Gasteiger partial charge in [0.25, 0.3) is 5.91 Å². The molecule has 114 valence electrons. The van der Waals surface area contributed by atoms with Crippen LogP contribution in [0, 0.1) is 5.92 Å². The Morgan fingerprint density at radius 3 is 3.05 bits per heavy atom. The van der Waals surface area contributed by atoms with Crippen LogP contribution >= 0.6 is 12.4 Å². The van der Waals surface area contributed by atoms with Crippen molar-refractivity contribution < 1.29 is 14.3 Å². The summed E-state index contributed by atoms with van der Waals surface area (Å²) in [5, 5.41) is 22.2. The lowest BCUT2D eigenvalue weighted by Crippen LogP contribution is -2.34. The van der Waals surface area contributed by atoms with E-state index in [0.29, 0.717) is 36.8 Å². The fourth-order valence-electron chi connectivity index (χ4n) is 2.24. The smallest absolute Gasteiger partial charge is 0.271 e. The van der Waals surface area contributed by atoms with Gasteiger partial charge in [0.2, 0.25) is 0 Å². The van der Waals surface area contributed by atoms with E-state index in [1.54, 1.807) is 24.5 Å². The van der Waals surface area contributed by atoms with Crippen molar-refractivity contribution in [3.8, 4) is 11.5 Å². The number of H-pyrrole nitrogens is 1. The number of nitrogens with zero attached hydrogens (tertiary/aromatic N) is 1. The number of aromatic nitrogens is 2. The minimum Gasteiger partial charge on any atom is -0.463 e. The molecule has 1 saturated heterocycles. The summed E-state index contributed by atoms with van der Waals surface area (Å²) in [7, 11) is 0. The van der Waals surface area contributed by atoms with Gasteiger partial charge in [-0.25, -0.2) is 0 Å². The molecule has 1 amide bonds. The third kappa shape index (κ3) is 3.44. The zero-order valence-corrected chi connectivity index (χ0v) is 12.0. The largest absolute Gasteiger partial charge is 0.463 e. The van der Waals surface area contributed by atoms with Crippen LogP contribution in [0.2, 0.25) is 0 Å². The number of carbonyl (C=O) groups is 1. The van der Waals surface area contributed by atoms with Gasteiger partial charge >= 0.3 is 0 Å². The van der Waals surface area contributed by atoms with Gasteiger partial charge in [0.05, 0.1) is 12.4 Å². The molecule has 1 aliphatic rings. The van der Waals surface area contributed by atoms with Gasteiger partial charge in [-0.15, -0.1) is 12.4 Å². The molecule has 3 heterocycles. The molecule has 1 fully saturated rings. The van der Waals surface area contributed by atoms with Gasteiger partial charge in [-0.1, -0.05) is 0 Å². The van der Waals surface area contributed by atoms with Gasteiger partial charge < -0.3 is 20.2 Å². The zero-order valence-electron chi connectivity index (χ0n) is 11.2. The summed E-state index contributed by atoms with van der Waals surface area (Å²) in [6, 6.07) is 5.19. The predicted octanol–water partition coefficient (Wildman–Crippen LogP) is 0.402. The summed E-state index contributed by atoms with van der Waals surface area (Å²) in [4.78, 5) is 12.0. The van der Waals surface area contributed by atoms with Crippen LogP contribution in [0.25, 0.3) is 11.5 Å². The van der Waals surface area contributed by atoms with Crippen LogP contribution in [0.4, 0.5) is 0 Å². The van der Waals surface area contributed by atoms with Crippen LogP contribution in [-0.4, -0.2) is 46.9 Å². The Morgan fingerprint density at radius 1 is 1.52 bits per heavy atom. The van der Waals surface area contributed by atoms with Crippen molar-refractivity contribution in [2.75, 3.05) is 19.6 Å². The Labute approximate surface area is 127 Å². The fraction of sp³-hybridized carbons (Fsp3) is 0.385. The van der Waals surface area contributed by atoms with Gasteiger partial charge in [0.15, 0.2) is 11.5 Å². The standard InChI is InChI=1S/C13H16N4O3.ClH/c18-11-7-14-5-8(11)6-15-13(19)10-4-9(16-17-10)12-2-1-3-20-12;/h1-4,8,11,14,18H,5-7H2,(H,15,19)(H,16,17);1H. The average Bonchev–Trinajstić information content (AvgIpc) is 3.17. The van der Waals surface area contributed by atoms with Gasteiger partial charge in [0, 0.05) is 31.6 Å². The highest BCUT2D eigenvalue weighted by Crippen LogP contribution is 2.17. The lowest BCUT2D eigenvalue weighted by atomic mass is 10.1. The number of nitrogens with one attached hydrogen (secondary N) is 3. The minimum absolute atomic E-state index is 0. The molecule has 3 rings (SSSR count). The van der Waals surface area contributed by atoms with Crippen LogP contribution in [0.15, 0.2) is 28.9 Å². The van der Waals surface area contributed by atoms with Crippen molar-refractivity contribution in [1.82, 2.24) is 20.8 Å². The van der Waals surface area contributed by atoms with Crippen molar-refractivity contribution in [3.63, 3.8) is 0 Å². The maximum atomic E-state index is 12.0. The molecule has 0 spiro atoms. The molecular weight excluding hydrogens is 296 g/mol. The normalized spacial score (nSPS) is 21.0. The molecule has 4 N–H and O–H groups in total. The van der Waals surface area contributed by atoms with Gasteiger partial charge in [-0.05, 0) is 12.1 Å². The van der Waals surface area contributed by atoms with Gasteiger partial charge in [0.1, 0.15) is 5.69 Å². The van der Waals surface area contributed by atoms with Crippen molar-refractivity contribution in [1.29, 1.82) is 0 Å². The second-order valence-electron chi connectivity index (χ2n) is 4.84. The number of aliphatic hydroxyl groups is 1. The Morgan fingerprint density at radius 2 is 2.38 bits per heavy atom. The summed E-state index contributed by atoms with van der Waals surface area (Å²) in [5.74, 6) is 0.410. The molecule has 2 aromatic rings. The van der Waals surface area contributed by atoms with Gasteiger partial charge in [-0.3, -0.25) is 9.89 Å². The molecule has 2 atom stereocenters. The van der Waals surface area contributed by atoms with Crippen molar-refractivity contribution in [2.45, 2.75) is 6.10 Å². The molecule has 7 nitrogen and oxygen atoms in total. The van der Waals surface area contributed by atoms with E-state index in [0.717, 1.165) is 0 Å². The molecule has 2 unspecified atom stereocenters. The van der Waals surface area contributed by atoms with Crippen molar-refractivity contribution >= 4 is 18.3 Å². The maximum Gasteiger partial charge on any atom is 0.271 e. The van der Waals surface area contributed by atoms with Crippen molar-refractivity contribution in [2.24, 2.45) is 5.92 Å². The van der Waals surface area contributed by atoms with Gasteiger partial charge in [-0.2, -0.15) is 5.10 Å². The second-order valence-corrected chi connectivity index (χ2v) is 4.84. The average molecular weight is 313 g/mol. The number of β-amino-alcohol motifs (C(OH)–C–C–N with tert-alkyl or cyclic N) is 1. The lowest BCUT2D eigenvalue weighted by Gasteiger charge is -2.13. The summed E-state index contributed by atoms with van der Waals surface area (Å²) in [6.45, 7) is 1.71. The molecule has 0 bridgehead atoms. The molecule has 0 aromatic carbocycles. The molecule has 0 saturated carbocycles. The highest BCUT2D eigenvalue weighted by atomic mass is 35.5. The highest BCUT2D eigenvalue weighted by Gasteiger charge is 2.25. The first kappa shape index (κ1) is 15.6. The molecule has 8 heteroatoms. The summed E-state index contributed by atoms with van der Waals surface area (Å²) >= 11 is 0. The third-order valence-electron chi connectivity index (χ3n) is 3.43. The monoisotopic (exact) mass is 312 g/mol. The van der Waals surface area contributed by atoms with E-state index in [4.69, 9.17) is 4.42 Å². The molecule has 1 aliphatic heterocycles. The summed E-state index contributed by atoms with van der Waals surface area (Å²) in [5.41, 5.74) is 0.958. The van der Waals surface area contributed by atoms with E-state index in [2.05, 4.69) is 20.8 Å². The van der Waals surface area contributed by atoms with E-state index < -0.39 is 6.10 Å². The Hall–Kier alpha value is -1.83. The van der Waals surface area contributed by atoms with Crippen LogP contribution in [0.5, 0.6) is 0 Å². The Kier molecular flexibility index (Phi) is 5.00. The number of hydrogen-bond donors (Lipinski definition) is 4. The number of rotatable bonds is 4. The quantitative estimate of drug-likeness (QED) is 0.654. The van der Waals surface area contributed by atoms with E-state index in [1.807, 2.05) is 0 Å². The number of carbonyl (C=O) groups excluding carboxylic acids is 1. The van der Waals surface area contributed by atoms with E-state index in [1.165, 1.54) is 0 Å². The number of halogens is 1. The molecule has 0 radical (unpaired) electrons. The Bertz CT molecular complexity index is 584.